The van der Waals surface area contributed by atoms with Gasteiger partial charge in [-0.3, -0.25) is 9.69 Å². The van der Waals surface area contributed by atoms with E-state index >= 15 is 0 Å². The summed E-state index contributed by atoms with van der Waals surface area (Å²) in [5.41, 5.74) is 0. The van der Waals surface area contributed by atoms with Crippen LogP contribution < -0.4 is 0 Å². The molecule has 1 aliphatic rings. The van der Waals surface area contributed by atoms with Gasteiger partial charge in [-0.2, -0.15) is 0 Å². The van der Waals surface area contributed by atoms with Crippen molar-refractivity contribution in [1.29, 1.82) is 0 Å². The van der Waals surface area contributed by atoms with E-state index in [0.717, 1.165) is 38.9 Å². The molecule has 0 N–H and O–H groups in total. The highest BCUT2D eigenvalue weighted by Crippen LogP contribution is 2.29. The zero-order chi connectivity index (χ0) is 11.3. The standard InChI is InChI=1S/C12H24N2O/c1-4-14(9-5-8-13(2)3)10-12(15)11-6-7-11/h11H,4-10H2,1-3H3. The fourth-order valence-electron chi connectivity index (χ4n) is 1.71. The van der Waals surface area contributed by atoms with Gasteiger partial charge < -0.3 is 4.90 Å². The van der Waals surface area contributed by atoms with Gasteiger partial charge in [0.15, 0.2) is 0 Å². The number of rotatable bonds is 8. The van der Waals surface area contributed by atoms with Gasteiger partial charge in [0.2, 0.25) is 0 Å². The van der Waals surface area contributed by atoms with E-state index in [-0.39, 0.29) is 0 Å². The minimum Gasteiger partial charge on any atom is -0.309 e. The minimum absolute atomic E-state index is 0.410. The van der Waals surface area contributed by atoms with Gasteiger partial charge in [0.25, 0.3) is 0 Å². The number of Topliss-reactive ketones (excluding diaryl/α,β-unsaturated/α-hetero) is 1. The zero-order valence-corrected chi connectivity index (χ0v) is 10.3. The summed E-state index contributed by atoms with van der Waals surface area (Å²) in [6, 6.07) is 0. The van der Waals surface area contributed by atoms with Gasteiger partial charge in [0, 0.05) is 5.92 Å². The second-order valence-corrected chi connectivity index (χ2v) is 4.77. The number of carbonyl (C=O) groups excluding carboxylic acids is 1. The minimum atomic E-state index is 0.410. The Labute approximate surface area is 93.4 Å². The summed E-state index contributed by atoms with van der Waals surface area (Å²) in [6.45, 7) is 5.96. The number of hydrogen-bond acceptors (Lipinski definition) is 3. The lowest BCUT2D eigenvalue weighted by atomic mass is 10.2. The maximum Gasteiger partial charge on any atom is 0.149 e. The molecule has 0 amide bonds. The molecule has 0 atom stereocenters. The predicted octanol–water partition coefficient (Wildman–Crippen LogP) is 1.24. The van der Waals surface area contributed by atoms with Gasteiger partial charge in [-0.25, -0.2) is 0 Å². The molecule has 1 fully saturated rings. The quantitative estimate of drug-likeness (QED) is 0.605. The summed E-state index contributed by atoms with van der Waals surface area (Å²) in [6.07, 6.45) is 3.42. The van der Waals surface area contributed by atoms with Gasteiger partial charge in [-0.1, -0.05) is 6.92 Å². The Bertz CT molecular complexity index is 200. The van der Waals surface area contributed by atoms with E-state index < -0.39 is 0 Å². The van der Waals surface area contributed by atoms with Crippen molar-refractivity contribution in [3.8, 4) is 0 Å². The van der Waals surface area contributed by atoms with E-state index in [1.165, 1.54) is 0 Å². The lowest BCUT2D eigenvalue weighted by Gasteiger charge is -2.20. The van der Waals surface area contributed by atoms with Crippen LogP contribution >= 0.6 is 0 Å². The molecule has 0 bridgehead atoms. The maximum atomic E-state index is 11.6. The summed E-state index contributed by atoms with van der Waals surface area (Å²) >= 11 is 0. The number of likely N-dealkylation sites (N-methyl/N-ethyl adjacent to an activating group) is 1. The second-order valence-electron chi connectivity index (χ2n) is 4.77. The summed E-state index contributed by atoms with van der Waals surface area (Å²) in [5, 5.41) is 0. The van der Waals surface area contributed by atoms with Crippen molar-refractivity contribution in [1.82, 2.24) is 9.80 Å². The predicted molar refractivity (Wildman–Crippen MR) is 63.0 cm³/mol. The number of carbonyl (C=O) groups is 1. The average Bonchev–Trinajstić information content (AvgIpc) is 2.98. The Hall–Kier alpha value is -0.410. The van der Waals surface area contributed by atoms with Crippen molar-refractivity contribution in [3.63, 3.8) is 0 Å². The number of hydrogen-bond donors (Lipinski definition) is 0. The molecular weight excluding hydrogens is 188 g/mol. The third-order valence-electron chi connectivity index (χ3n) is 2.94. The van der Waals surface area contributed by atoms with Crippen molar-refractivity contribution in [2.45, 2.75) is 26.2 Å². The molecule has 0 heterocycles. The fraction of sp³-hybridized carbons (Fsp3) is 0.917. The molecule has 1 rings (SSSR count). The number of nitrogens with zero attached hydrogens (tertiary/aromatic N) is 2. The van der Waals surface area contributed by atoms with E-state index in [0.29, 0.717) is 18.2 Å². The maximum absolute atomic E-state index is 11.6. The molecule has 0 radical (unpaired) electrons. The summed E-state index contributed by atoms with van der Waals surface area (Å²) in [5.74, 6) is 0.870. The average molecular weight is 212 g/mol. The van der Waals surface area contributed by atoms with E-state index in [4.69, 9.17) is 0 Å². The van der Waals surface area contributed by atoms with Crippen molar-refractivity contribution in [2.24, 2.45) is 5.92 Å². The lowest BCUT2D eigenvalue weighted by Crippen LogP contribution is -2.32. The van der Waals surface area contributed by atoms with Crippen LogP contribution in [-0.2, 0) is 4.79 Å². The molecule has 88 valence electrons. The van der Waals surface area contributed by atoms with Crippen LogP contribution in [0.2, 0.25) is 0 Å². The van der Waals surface area contributed by atoms with Crippen LogP contribution in [0.15, 0.2) is 0 Å². The van der Waals surface area contributed by atoms with Crippen molar-refractivity contribution in [2.75, 3.05) is 40.3 Å². The molecule has 1 aliphatic carbocycles. The third kappa shape index (κ3) is 5.28. The Kier molecular flexibility index (Phi) is 5.26. The molecule has 0 aromatic carbocycles. The largest absolute Gasteiger partial charge is 0.309 e. The van der Waals surface area contributed by atoms with E-state index in [9.17, 15) is 4.79 Å². The first-order valence-electron chi connectivity index (χ1n) is 6.03. The van der Waals surface area contributed by atoms with Crippen molar-refractivity contribution >= 4 is 5.78 Å². The molecule has 0 aliphatic heterocycles. The van der Waals surface area contributed by atoms with Gasteiger partial charge in [0.05, 0.1) is 6.54 Å². The van der Waals surface area contributed by atoms with Crippen LogP contribution in [0, 0.1) is 5.92 Å². The van der Waals surface area contributed by atoms with Gasteiger partial charge >= 0.3 is 0 Å². The zero-order valence-electron chi connectivity index (χ0n) is 10.3. The monoisotopic (exact) mass is 212 g/mol. The molecule has 3 heteroatoms. The number of ketones is 1. The Morgan fingerprint density at radius 3 is 2.40 bits per heavy atom. The topological polar surface area (TPSA) is 23.6 Å². The molecule has 0 aromatic heterocycles. The van der Waals surface area contributed by atoms with Crippen LogP contribution in [-0.4, -0.2) is 55.9 Å². The van der Waals surface area contributed by atoms with Crippen LogP contribution in [0.5, 0.6) is 0 Å². The molecular formula is C12H24N2O. The highest BCUT2D eigenvalue weighted by Gasteiger charge is 2.29. The fourth-order valence-corrected chi connectivity index (χ4v) is 1.71. The normalized spacial score (nSPS) is 16.3. The first kappa shape index (κ1) is 12.7. The van der Waals surface area contributed by atoms with Crippen molar-refractivity contribution < 1.29 is 4.79 Å². The summed E-state index contributed by atoms with van der Waals surface area (Å²) in [7, 11) is 4.18. The molecule has 0 spiro atoms. The lowest BCUT2D eigenvalue weighted by molar-refractivity contribution is -0.121. The molecule has 15 heavy (non-hydrogen) atoms. The Morgan fingerprint density at radius 2 is 1.93 bits per heavy atom. The Morgan fingerprint density at radius 1 is 1.27 bits per heavy atom. The highest BCUT2D eigenvalue weighted by molar-refractivity contribution is 5.84. The van der Waals surface area contributed by atoms with Crippen LogP contribution in [0.3, 0.4) is 0 Å². The SMILES string of the molecule is CCN(CCCN(C)C)CC(=O)C1CC1. The second kappa shape index (κ2) is 6.23. The third-order valence-corrected chi connectivity index (χ3v) is 2.94. The highest BCUT2D eigenvalue weighted by atomic mass is 16.1. The first-order valence-corrected chi connectivity index (χ1v) is 6.03. The van der Waals surface area contributed by atoms with Crippen LogP contribution in [0.1, 0.15) is 26.2 Å². The van der Waals surface area contributed by atoms with Gasteiger partial charge in [-0.05, 0) is 53.0 Å². The smallest absolute Gasteiger partial charge is 0.149 e. The first-order chi connectivity index (χ1) is 7.13. The molecule has 0 aromatic rings. The van der Waals surface area contributed by atoms with Gasteiger partial charge in [-0.15, -0.1) is 0 Å². The summed E-state index contributed by atoms with van der Waals surface area (Å²) < 4.78 is 0. The molecule has 1 saturated carbocycles. The van der Waals surface area contributed by atoms with E-state index in [1.54, 1.807) is 0 Å². The molecule has 0 saturated heterocycles. The van der Waals surface area contributed by atoms with Crippen LogP contribution in [0.25, 0.3) is 0 Å². The van der Waals surface area contributed by atoms with Crippen LogP contribution in [0.4, 0.5) is 0 Å². The Balaban J connectivity index is 2.13. The van der Waals surface area contributed by atoms with E-state index in [1.807, 2.05) is 0 Å². The van der Waals surface area contributed by atoms with Gasteiger partial charge in [0.1, 0.15) is 5.78 Å². The molecule has 0 unspecified atom stereocenters. The van der Waals surface area contributed by atoms with Crippen molar-refractivity contribution in [3.05, 3.63) is 0 Å². The molecule has 3 nitrogen and oxygen atoms in total. The summed E-state index contributed by atoms with van der Waals surface area (Å²) in [4.78, 5) is 16.1. The van der Waals surface area contributed by atoms with E-state index in [2.05, 4.69) is 30.8 Å².